The highest BCUT2D eigenvalue weighted by Crippen LogP contribution is 2.18. The van der Waals surface area contributed by atoms with Gasteiger partial charge in [-0.3, -0.25) is 4.98 Å². The summed E-state index contributed by atoms with van der Waals surface area (Å²) in [6, 6.07) is 1.00. The predicted octanol–water partition coefficient (Wildman–Crippen LogP) is 1.69. The van der Waals surface area contributed by atoms with Crippen LogP contribution in [-0.2, 0) is 4.74 Å². The van der Waals surface area contributed by atoms with Crippen LogP contribution in [0.3, 0.4) is 0 Å². The summed E-state index contributed by atoms with van der Waals surface area (Å²) in [5.74, 6) is 0.175. The average Bonchev–Trinajstić information content (AvgIpc) is 2.29. The van der Waals surface area contributed by atoms with Gasteiger partial charge in [0, 0.05) is 19.0 Å². The molecule has 17 heavy (non-hydrogen) atoms. The number of halogens is 3. The predicted molar refractivity (Wildman–Crippen MR) is 57.4 cm³/mol. The fourth-order valence-corrected chi connectivity index (χ4v) is 1.67. The van der Waals surface area contributed by atoms with Gasteiger partial charge in [0.25, 0.3) is 0 Å². The minimum absolute atomic E-state index is 0.0819. The maximum absolute atomic E-state index is 12.5. The Morgan fingerprint density at radius 3 is 2.59 bits per heavy atom. The SMILES string of the molecule is F[B-](F)(F)c1cncc(OC2CCOCC2)c1. The first-order valence-corrected chi connectivity index (χ1v) is 5.45. The van der Waals surface area contributed by atoms with Gasteiger partial charge in [-0.1, -0.05) is 5.46 Å². The summed E-state index contributed by atoms with van der Waals surface area (Å²) in [5, 5.41) is 0. The Morgan fingerprint density at radius 2 is 1.94 bits per heavy atom. The van der Waals surface area contributed by atoms with Gasteiger partial charge in [0.15, 0.2) is 0 Å². The molecule has 0 radical (unpaired) electrons. The molecule has 0 aliphatic carbocycles. The fourth-order valence-electron chi connectivity index (χ4n) is 1.67. The molecule has 1 aliphatic rings. The lowest BCUT2D eigenvalue weighted by Crippen LogP contribution is -2.34. The molecule has 0 saturated carbocycles. The highest BCUT2D eigenvalue weighted by Gasteiger charge is 2.26. The first kappa shape index (κ1) is 12.2. The van der Waals surface area contributed by atoms with Gasteiger partial charge < -0.3 is 22.4 Å². The standard InChI is InChI=1S/C10H12BF3NO2/c12-11(13,14)8-5-10(7-15-6-8)17-9-1-3-16-4-2-9/h5-7,9H,1-4H2/q-1. The second-order valence-corrected chi connectivity index (χ2v) is 3.96. The van der Waals surface area contributed by atoms with Crippen molar-refractivity contribution in [3.8, 4) is 5.75 Å². The van der Waals surface area contributed by atoms with Gasteiger partial charge in [-0.25, -0.2) is 0 Å². The van der Waals surface area contributed by atoms with Crippen molar-refractivity contribution >= 4 is 12.4 Å². The molecule has 1 saturated heterocycles. The van der Waals surface area contributed by atoms with Crippen molar-refractivity contribution in [1.82, 2.24) is 4.98 Å². The summed E-state index contributed by atoms with van der Waals surface area (Å²) in [4.78, 5) is 3.56. The Hall–Kier alpha value is -1.24. The summed E-state index contributed by atoms with van der Waals surface area (Å²) >= 11 is 0. The molecule has 1 fully saturated rings. The summed E-state index contributed by atoms with van der Waals surface area (Å²) in [7, 11) is 0. The second kappa shape index (κ2) is 4.95. The van der Waals surface area contributed by atoms with Crippen LogP contribution in [0.4, 0.5) is 12.9 Å². The highest BCUT2D eigenvalue weighted by molar-refractivity contribution is 6.73. The van der Waals surface area contributed by atoms with E-state index in [1.165, 1.54) is 6.20 Å². The zero-order chi connectivity index (χ0) is 12.3. The van der Waals surface area contributed by atoms with E-state index >= 15 is 0 Å². The van der Waals surface area contributed by atoms with Gasteiger partial charge >= 0.3 is 6.98 Å². The zero-order valence-corrected chi connectivity index (χ0v) is 9.11. The Kier molecular flexibility index (Phi) is 3.56. The molecular formula is C10H12BF3NO2-. The van der Waals surface area contributed by atoms with Crippen LogP contribution < -0.4 is 10.2 Å². The van der Waals surface area contributed by atoms with Gasteiger partial charge in [0.1, 0.15) is 11.9 Å². The zero-order valence-electron chi connectivity index (χ0n) is 9.11. The summed E-state index contributed by atoms with van der Waals surface area (Å²) < 4.78 is 48.1. The van der Waals surface area contributed by atoms with Gasteiger partial charge in [-0.2, -0.15) is 0 Å². The van der Waals surface area contributed by atoms with E-state index in [4.69, 9.17) is 9.47 Å². The van der Waals surface area contributed by atoms with Crippen molar-refractivity contribution in [3.05, 3.63) is 18.5 Å². The number of nitrogens with zero attached hydrogens (tertiary/aromatic N) is 1. The molecule has 1 aliphatic heterocycles. The number of hydrogen-bond acceptors (Lipinski definition) is 3. The quantitative estimate of drug-likeness (QED) is 0.760. The van der Waals surface area contributed by atoms with Crippen LogP contribution >= 0.6 is 0 Å². The van der Waals surface area contributed by atoms with Crippen LogP contribution in [0.5, 0.6) is 5.75 Å². The minimum Gasteiger partial charge on any atom is -0.489 e. The van der Waals surface area contributed by atoms with Crippen molar-refractivity contribution in [2.75, 3.05) is 13.2 Å². The van der Waals surface area contributed by atoms with E-state index in [0.717, 1.165) is 12.3 Å². The maximum atomic E-state index is 12.5. The van der Waals surface area contributed by atoms with Crippen LogP contribution in [0.1, 0.15) is 12.8 Å². The molecule has 2 rings (SSSR count). The van der Waals surface area contributed by atoms with E-state index in [0.29, 0.717) is 26.1 Å². The minimum atomic E-state index is -5.02. The fraction of sp³-hybridized carbons (Fsp3) is 0.500. The molecule has 2 heterocycles. The molecule has 7 heteroatoms. The van der Waals surface area contributed by atoms with Crippen molar-refractivity contribution in [2.45, 2.75) is 18.9 Å². The molecule has 94 valence electrons. The van der Waals surface area contributed by atoms with Crippen LogP contribution in [0.25, 0.3) is 0 Å². The van der Waals surface area contributed by atoms with E-state index < -0.39 is 12.4 Å². The van der Waals surface area contributed by atoms with E-state index in [1.807, 2.05) is 0 Å². The van der Waals surface area contributed by atoms with Gasteiger partial charge in [-0.15, -0.1) is 0 Å². The molecule has 0 bridgehead atoms. The number of rotatable bonds is 3. The molecule has 0 aromatic carbocycles. The molecule has 3 nitrogen and oxygen atoms in total. The normalized spacial score (nSPS) is 18.1. The molecular weight excluding hydrogens is 234 g/mol. The largest absolute Gasteiger partial charge is 0.511 e. The Balaban J connectivity index is 2.05. The topological polar surface area (TPSA) is 31.4 Å². The first-order chi connectivity index (χ1) is 8.05. The van der Waals surface area contributed by atoms with Gasteiger partial charge in [0.05, 0.1) is 19.4 Å². The lowest BCUT2D eigenvalue weighted by atomic mass is 9.81. The molecule has 0 atom stereocenters. The summed E-state index contributed by atoms with van der Waals surface area (Å²) in [6.07, 6.45) is 3.43. The van der Waals surface area contributed by atoms with Crippen LogP contribution in [-0.4, -0.2) is 31.3 Å². The van der Waals surface area contributed by atoms with Crippen molar-refractivity contribution in [3.63, 3.8) is 0 Å². The van der Waals surface area contributed by atoms with E-state index in [2.05, 4.69) is 4.98 Å². The smallest absolute Gasteiger partial charge is 0.489 e. The molecule has 1 aromatic heterocycles. The van der Waals surface area contributed by atoms with Crippen LogP contribution in [0.15, 0.2) is 18.5 Å². The third kappa shape index (κ3) is 3.36. The maximum Gasteiger partial charge on any atom is 0.511 e. The third-order valence-electron chi connectivity index (χ3n) is 2.58. The Labute approximate surface area is 97.0 Å². The average molecular weight is 246 g/mol. The van der Waals surface area contributed by atoms with E-state index in [9.17, 15) is 12.9 Å². The molecule has 0 unspecified atom stereocenters. The van der Waals surface area contributed by atoms with Crippen molar-refractivity contribution in [1.29, 1.82) is 0 Å². The number of hydrogen-bond donors (Lipinski definition) is 0. The molecule has 0 spiro atoms. The van der Waals surface area contributed by atoms with Crippen LogP contribution in [0, 0.1) is 0 Å². The molecule has 0 amide bonds. The van der Waals surface area contributed by atoms with E-state index in [1.54, 1.807) is 0 Å². The Bertz CT molecular complexity index is 380. The van der Waals surface area contributed by atoms with Gasteiger partial charge in [-0.05, 0) is 6.07 Å². The number of pyridine rings is 1. The van der Waals surface area contributed by atoms with Crippen molar-refractivity contribution < 1.29 is 22.4 Å². The highest BCUT2D eigenvalue weighted by atomic mass is 19.4. The monoisotopic (exact) mass is 246 g/mol. The number of aromatic nitrogens is 1. The Morgan fingerprint density at radius 1 is 1.24 bits per heavy atom. The van der Waals surface area contributed by atoms with Crippen molar-refractivity contribution in [2.24, 2.45) is 0 Å². The molecule has 1 aromatic rings. The number of ether oxygens (including phenoxy) is 2. The third-order valence-corrected chi connectivity index (χ3v) is 2.58. The lowest BCUT2D eigenvalue weighted by molar-refractivity contribution is 0.0254. The lowest BCUT2D eigenvalue weighted by Gasteiger charge is -2.24. The van der Waals surface area contributed by atoms with E-state index in [-0.39, 0.29) is 11.9 Å². The molecule has 0 N–H and O–H groups in total. The summed E-state index contributed by atoms with van der Waals surface area (Å²) in [6.45, 7) is -3.85. The second-order valence-electron chi connectivity index (χ2n) is 3.96. The summed E-state index contributed by atoms with van der Waals surface area (Å²) in [5.41, 5.74) is -0.727. The first-order valence-electron chi connectivity index (χ1n) is 5.45. The van der Waals surface area contributed by atoms with Gasteiger partial charge in [0.2, 0.25) is 0 Å². The van der Waals surface area contributed by atoms with Crippen LogP contribution in [0.2, 0.25) is 0 Å².